The van der Waals surface area contributed by atoms with Gasteiger partial charge in [-0.1, -0.05) is 18.6 Å². The molecular weight excluding hydrogens is 464 g/mol. The van der Waals surface area contributed by atoms with E-state index in [4.69, 9.17) is 4.74 Å². The summed E-state index contributed by atoms with van der Waals surface area (Å²) in [5.74, 6) is 1.19. The summed E-state index contributed by atoms with van der Waals surface area (Å²) in [4.78, 5) is 6.81. The zero-order valence-electron chi connectivity index (χ0n) is 20.0. The molecule has 0 spiro atoms. The number of benzene rings is 1. The Hall–Kier alpha value is -2.04. The first-order valence-corrected chi connectivity index (χ1v) is 12.7. The van der Waals surface area contributed by atoms with Crippen LogP contribution in [0.25, 0.3) is 0 Å². The van der Waals surface area contributed by atoms with Crippen LogP contribution < -0.4 is 15.4 Å². The number of rotatable bonds is 7. The van der Waals surface area contributed by atoms with E-state index < -0.39 is 10.2 Å². The Morgan fingerprint density at radius 3 is 2.58 bits per heavy atom. The van der Waals surface area contributed by atoms with E-state index in [-0.39, 0.29) is 29.9 Å². The van der Waals surface area contributed by atoms with Gasteiger partial charge in [0, 0.05) is 25.7 Å². The molecule has 0 bridgehead atoms. The summed E-state index contributed by atoms with van der Waals surface area (Å²) in [6.45, 7) is 10.1. The highest BCUT2D eigenvalue weighted by Crippen LogP contribution is 2.18. The average Bonchev–Trinajstić information content (AvgIpc) is 2.71. The van der Waals surface area contributed by atoms with Crippen molar-refractivity contribution in [2.24, 2.45) is 9.39 Å². The van der Waals surface area contributed by atoms with Gasteiger partial charge in [0.15, 0.2) is 0 Å². The van der Waals surface area contributed by atoms with Gasteiger partial charge in [-0.05, 0) is 70.8 Å². The SMILES string of the molecule is CN1C(NCCCOc2cccc(CN3CCCCC3)c2)=NC(NC(C)(C)C)=NS1(=O)=O.Cl. The van der Waals surface area contributed by atoms with Crippen molar-refractivity contribution in [1.82, 2.24) is 19.8 Å². The molecule has 0 atom stereocenters. The fourth-order valence-electron chi connectivity index (χ4n) is 3.58. The molecule has 3 rings (SSSR count). The Morgan fingerprint density at radius 2 is 1.88 bits per heavy atom. The van der Waals surface area contributed by atoms with Crippen LogP contribution in [-0.4, -0.2) is 68.4 Å². The summed E-state index contributed by atoms with van der Waals surface area (Å²) < 4.78 is 35.2. The summed E-state index contributed by atoms with van der Waals surface area (Å²) in [5, 5.41) is 6.09. The molecule has 9 nitrogen and oxygen atoms in total. The number of nitrogens with one attached hydrogen (secondary N) is 2. The number of hydrogen-bond acceptors (Lipinski definition) is 7. The second-order valence-electron chi connectivity index (χ2n) is 9.28. The van der Waals surface area contributed by atoms with Gasteiger partial charge in [-0.25, -0.2) is 4.31 Å². The Kier molecular flexibility index (Phi) is 9.81. The molecule has 0 radical (unpaired) electrons. The van der Waals surface area contributed by atoms with Gasteiger partial charge < -0.3 is 15.4 Å². The molecule has 186 valence electrons. The molecule has 2 heterocycles. The molecule has 33 heavy (non-hydrogen) atoms. The monoisotopic (exact) mass is 500 g/mol. The highest BCUT2D eigenvalue weighted by atomic mass is 35.5. The third-order valence-electron chi connectivity index (χ3n) is 5.17. The maximum atomic E-state index is 12.3. The number of piperidine rings is 1. The van der Waals surface area contributed by atoms with Crippen LogP contribution in [-0.2, 0) is 16.8 Å². The van der Waals surface area contributed by atoms with Gasteiger partial charge in [0.05, 0.1) is 6.61 Å². The van der Waals surface area contributed by atoms with Crippen LogP contribution in [0.15, 0.2) is 33.7 Å². The quantitative estimate of drug-likeness (QED) is 0.558. The van der Waals surface area contributed by atoms with E-state index in [0.717, 1.165) is 16.6 Å². The molecule has 0 aromatic heterocycles. The third-order valence-corrected chi connectivity index (χ3v) is 6.44. The summed E-state index contributed by atoms with van der Waals surface area (Å²) in [6, 6.07) is 8.26. The molecule has 1 aromatic rings. The lowest BCUT2D eigenvalue weighted by Crippen LogP contribution is -2.49. The predicted molar refractivity (Wildman–Crippen MR) is 135 cm³/mol. The van der Waals surface area contributed by atoms with Crippen LogP contribution in [0.3, 0.4) is 0 Å². The first-order valence-electron chi connectivity index (χ1n) is 11.3. The first kappa shape index (κ1) is 27.2. The van der Waals surface area contributed by atoms with Crippen molar-refractivity contribution in [1.29, 1.82) is 0 Å². The van der Waals surface area contributed by atoms with Gasteiger partial charge >= 0.3 is 10.2 Å². The summed E-state index contributed by atoms with van der Waals surface area (Å²) >= 11 is 0. The van der Waals surface area contributed by atoms with Gasteiger partial charge in [-0.2, -0.15) is 13.4 Å². The molecular formula is C22H37ClN6O3S. The number of halogens is 1. The molecule has 11 heteroatoms. The normalized spacial score (nSPS) is 18.6. The van der Waals surface area contributed by atoms with Crippen molar-refractivity contribution in [3.8, 4) is 5.75 Å². The summed E-state index contributed by atoms with van der Waals surface area (Å²) in [7, 11) is -2.37. The Balaban J connectivity index is 0.00000385. The minimum absolute atomic E-state index is 0. The lowest BCUT2D eigenvalue weighted by molar-refractivity contribution is 0.220. The van der Waals surface area contributed by atoms with Crippen LogP contribution in [0.4, 0.5) is 0 Å². The lowest BCUT2D eigenvalue weighted by atomic mass is 10.1. The Morgan fingerprint density at radius 1 is 1.15 bits per heavy atom. The first-order chi connectivity index (χ1) is 15.1. The van der Waals surface area contributed by atoms with Crippen molar-refractivity contribution in [2.75, 3.05) is 33.3 Å². The standard InChI is InChI=1S/C22H36N6O3S.ClH/c1-22(2,3)25-20-24-21(27(4)32(29,30)26-20)23-12-9-15-31-19-11-8-10-18(16-19)17-28-13-6-5-7-14-28;/h8,10-11,16H,5-7,9,12-15,17H2,1-4H3,(H2,23,24,25,26);1H. The highest BCUT2D eigenvalue weighted by Gasteiger charge is 2.28. The highest BCUT2D eigenvalue weighted by molar-refractivity contribution is 7.88. The average molecular weight is 501 g/mol. The largest absolute Gasteiger partial charge is 0.494 e. The van der Waals surface area contributed by atoms with Crippen molar-refractivity contribution in [3.05, 3.63) is 29.8 Å². The molecule has 1 fully saturated rings. The minimum Gasteiger partial charge on any atom is -0.494 e. The number of aliphatic imine (C=N–C) groups is 1. The van der Waals surface area contributed by atoms with Crippen molar-refractivity contribution >= 4 is 34.5 Å². The molecule has 2 N–H and O–H groups in total. The van der Waals surface area contributed by atoms with Crippen LogP contribution in [0.1, 0.15) is 52.0 Å². The van der Waals surface area contributed by atoms with Gasteiger partial charge in [0.2, 0.25) is 11.9 Å². The van der Waals surface area contributed by atoms with E-state index in [2.05, 4.69) is 37.1 Å². The Labute approximate surface area is 204 Å². The number of likely N-dealkylation sites (tertiary alicyclic amines) is 1. The van der Waals surface area contributed by atoms with Crippen molar-refractivity contribution in [2.45, 2.75) is 58.5 Å². The molecule has 1 aromatic carbocycles. The maximum absolute atomic E-state index is 12.3. The molecule has 0 aliphatic carbocycles. The van der Waals surface area contributed by atoms with Crippen molar-refractivity contribution < 1.29 is 13.2 Å². The number of nitrogens with zero attached hydrogens (tertiary/aromatic N) is 4. The molecule has 0 amide bonds. The molecule has 2 aliphatic rings. The fourth-order valence-corrected chi connectivity index (χ4v) is 4.33. The van der Waals surface area contributed by atoms with Gasteiger partial charge in [-0.15, -0.1) is 16.8 Å². The molecule has 1 saturated heterocycles. The summed E-state index contributed by atoms with van der Waals surface area (Å²) in [5.41, 5.74) is 0.916. The van der Waals surface area contributed by atoms with E-state index in [1.54, 1.807) is 0 Å². The van der Waals surface area contributed by atoms with Crippen LogP contribution >= 0.6 is 12.4 Å². The van der Waals surface area contributed by atoms with E-state index in [0.29, 0.717) is 19.6 Å². The maximum Gasteiger partial charge on any atom is 0.350 e. The second-order valence-corrected chi connectivity index (χ2v) is 10.9. The van der Waals surface area contributed by atoms with E-state index in [1.807, 2.05) is 32.9 Å². The third kappa shape index (κ3) is 8.68. The van der Waals surface area contributed by atoms with Gasteiger partial charge in [0.25, 0.3) is 0 Å². The molecule has 0 saturated carbocycles. The summed E-state index contributed by atoms with van der Waals surface area (Å²) in [6.07, 6.45) is 4.60. The lowest BCUT2D eigenvalue weighted by Gasteiger charge is -2.27. The number of ether oxygens (including phenoxy) is 1. The molecule has 0 unspecified atom stereocenters. The van der Waals surface area contributed by atoms with Crippen LogP contribution in [0.2, 0.25) is 0 Å². The van der Waals surface area contributed by atoms with E-state index in [1.165, 1.54) is 45.0 Å². The minimum atomic E-state index is -3.80. The number of guanidine groups is 2. The smallest absolute Gasteiger partial charge is 0.350 e. The van der Waals surface area contributed by atoms with Crippen LogP contribution in [0.5, 0.6) is 5.75 Å². The topological polar surface area (TPSA) is 98.6 Å². The second kappa shape index (κ2) is 11.9. The van der Waals surface area contributed by atoms with Crippen molar-refractivity contribution in [3.63, 3.8) is 0 Å². The zero-order valence-corrected chi connectivity index (χ0v) is 21.6. The molecule has 2 aliphatic heterocycles. The zero-order chi connectivity index (χ0) is 23.2. The van der Waals surface area contributed by atoms with Crippen LogP contribution in [0, 0.1) is 0 Å². The van der Waals surface area contributed by atoms with Gasteiger partial charge in [0.1, 0.15) is 5.75 Å². The van der Waals surface area contributed by atoms with E-state index >= 15 is 0 Å². The van der Waals surface area contributed by atoms with Gasteiger partial charge in [-0.3, -0.25) is 4.90 Å². The number of hydrogen-bond donors (Lipinski definition) is 2. The predicted octanol–water partition coefficient (Wildman–Crippen LogP) is 2.74. The van der Waals surface area contributed by atoms with E-state index in [9.17, 15) is 8.42 Å². The fraction of sp³-hybridized carbons (Fsp3) is 0.636. The Bertz CT molecular complexity index is 940.